The summed E-state index contributed by atoms with van der Waals surface area (Å²) in [5.74, 6) is -3.50. The molecular formula is C17H19F4NO2. The maximum atomic E-state index is 13.4. The minimum atomic E-state index is -2.86. The Balaban J connectivity index is 1.51. The molecule has 1 aromatic carbocycles. The molecule has 3 nitrogen and oxygen atoms in total. The third kappa shape index (κ3) is 4.19. The minimum absolute atomic E-state index is 0.0742. The Morgan fingerprint density at radius 1 is 1.25 bits per heavy atom. The SMILES string of the molecule is O=C(N[C@@H]1C[C@H]1c1ccc(OC(F)F)cc1)[C@@H]1CCCC(F)(F)C1. The van der Waals surface area contributed by atoms with E-state index in [0.29, 0.717) is 12.8 Å². The van der Waals surface area contributed by atoms with Crippen LogP contribution in [0.4, 0.5) is 17.6 Å². The standard InChI is InChI=1S/C17H19F4NO2/c18-16(19)24-12-5-3-10(4-6-12)13-8-14(13)22-15(23)11-2-1-7-17(20,21)9-11/h3-6,11,13-14,16H,1-2,7-9H2,(H,22,23)/t11-,13+,14-/m1/s1. The van der Waals surface area contributed by atoms with Crippen molar-refractivity contribution in [3.05, 3.63) is 29.8 Å². The first-order valence-corrected chi connectivity index (χ1v) is 8.07. The number of amides is 1. The molecule has 0 unspecified atom stereocenters. The number of carbonyl (C=O) groups is 1. The lowest BCUT2D eigenvalue weighted by atomic mass is 9.86. The van der Waals surface area contributed by atoms with E-state index in [2.05, 4.69) is 10.1 Å². The molecule has 1 aromatic rings. The van der Waals surface area contributed by atoms with Crippen LogP contribution >= 0.6 is 0 Å². The number of benzene rings is 1. The Kier molecular flexibility index (Phi) is 4.69. The van der Waals surface area contributed by atoms with Crippen molar-refractivity contribution >= 4 is 5.91 Å². The molecule has 3 rings (SSSR count). The monoisotopic (exact) mass is 345 g/mol. The summed E-state index contributed by atoms with van der Waals surface area (Å²) < 4.78 is 55.3. The first-order chi connectivity index (χ1) is 11.3. The van der Waals surface area contributed by atoms with Gasteiger partial charge in [0, 0.05) is 30.7 Å². The van der Waals surface area contributed by atoms with E-state index in [4.69, 9.17) is 0 Å². The maximum Gasteiger partial charge on any atom is 0.387 e. The molecule has 2 saturated carbocycles. The van der Waals surface area contributed by atoms with Gasteiger partial charge >= 0.3 is 6.61 Å². The van der Waals surface area contributed by atoms with Gasteiger partial charge in [0.15, 0.2) is 0 Å². The lowest BCUT2D eigenvalue weighted by Gasteiger charge is -2.28. The smallest absolute Gasteiger partial charge is 0.387 e. The van der Waals surface area contributed by atoms with Gasteiger partial charge in [0.05, 0.1) is 0 Å². The fraction of sp³-hybridized carbons (Fsp3) is 0.588. The number of alkyl halides is 4. The van der Waals surface area contributed by atoms with Gasteiger partial charge in [-0.25, -0.2) is 8.78 Å². The Bertz CT molecular complexity index is 591. The third-order valence-electron chi connectivity index (χ3n) is 4.66. The van der Waals surface area contributed by atoms with E-state index < -0.39 is 18.5 Å². The zero-order valence-electron chi connectivity index (χ0n) is 13.0. The van der Waals surface area contributed by atoms with Crippen molar-refractivity contribution < 1.29 is 27.1 Å². The van der Waals surface area contributed by atoms with E-state index >= 15 is 0 Å². The van der Waals surface area contributed by atoms with Crippen LogP contribution in [-0.2, 0) is 4.79 Å². The van der Waals surface area contributed by atoms with Gasteiger partial charge in [0.1, 0.15) is 5.75 Å². The molecule has 0 radical (unpaired) electrons. The fourth-order valence-electron chi connectivity index (χ4n) is 3.32. The summed E-state index contributed by atoms with van der Waals surface area (Å²) in [6, 6.07) is 6.21. The molecule has 3 atom stereocenters. The van der Waals surface area contributed by atoms with Crippen LogP contribution in [0.1, 0.15) is 43.6 Å². The lowest BCUT2D eigenvalue weighted by Crippen LogP contribution is -2.38. The van der Waals surface area contributed by atoms with E-state index in [1.165, 1.54) is 12.1 Å². The van der Waals surface area contributed by atoms with Crippen LogP contribution in [0.15, 0.2) is 24.3 Å². The third-order valence-corrected chi connectivity index (χ3v) is 4.66. The zero-order valence-corrected chi connectivity index (χ0v) is 13.0. The summed E-state index contributed by atoms with van der Waals surface area (Å²) in [5, 5.41) is 2.83. The second-order valence-electron chi connectivity index (χ2n) is 6.55. The normalized spacial score (nSPS) is 28.5. The highest BCUT2D eigenvalue weighted by molar-refractivity contribution is 5.79. The molecule has 1 N–H and O–H groups in total. The molecule has 2 fully saturated rings. The van der Waals surface area contributed by atoms with Gasteiger partial charge in [-0.1, -0.05) is 12.1 Å². The van der Waals surface area contributed by atoms with Crippen molar-refractivity contribution in [2.45, 2.75) is 56.6 Å². The van der Waals surface area contributed by atoms with Crippen LogP contribution in [0, 0.1) is 5.92 Å². The molecule has 0 heterocycles. The van der Waals surface area contributed by atoms with Gasteiger partial charge in [-0.2, -0.15) is 8.78 Å². The average molecular weight is 345 g/mol. The molecule has 0 bridgehead atoms. The Hall–Kier alpha value is -1.79. The molecule has 2 aliphatic carbocycles. The molecule has 2 aliphatic rings. The molecule has 0 saturated heterocycles. The van der Waals surface area contributed by atoms with Gasteiger partial charge in [0.25, 0.3) is 0 Å². The molecule has 0 aromatic heterocycles. The number of nitrogens with one attached hydrogen (secondary N) is 1. The van der Waals surface area contributed by atoms with Gasteiger partial charge in [-0.15, -0.1) is 0 Å². The second kappa shape index (κ2) is 6.61. The zero-order chi connectivity index (χ0) is 17.3. The van der Waals surface area contributed by atoms with Crippen molar-refractivity contribution in [3.8, 4) is 5.75 Å². The maximum absolute atomic E-state index is 13.4. The number of hydrogen-bond acceptors (Lipinski definition) is 2. The van der Waals surface area contributed by atoms with Crippen LogP contribution in [-0.4, -0.2) is 24.5 Å². The minimum Gasteiger partial charge on any atom is -0.435 e. The van der Waals surface area contributed by atoms with E-state index in [0.717, 1.165) is 12.0 Å². The van der Waals surface area contributed by atoms with Crippen LogP contribution in [0.3, 0.4) is 0 Å². The van der Waals surface area contributed by atoms with Gasteiger partial charge in [-0.05, 0) is 37.0 Å². The number of rotatable bonds is 5. The van der Waals surface area contributed by atoms with E-state index in [9.17, 15) is 22.4 Å². The molecule has 132 valence electrons. The van der Waals surface area contributed by atoms with Crippen LogP contribution in [0.2, 0.25) is 0 Å². The van der Waals surface area contributed by atoms with Crippen molar-refractivity contribution in [1.82, 2.24) is 5.32 Å². The predicted molar refractivity (Wildman–Crippen MR) is 79.3 cm³/mol. The summed E-state index contributed by atoms with van der Waals surface area (Å²) >= 11 is 0. The first kappa shape index (κ1) is 17.0. The molecule has 0 spiro atoms. The largest absolute Gasteiger partial charge is 0.435 e. The van der Waals surface area contributed by atoms with Crippen molar-refractivity contribution in [1.29, 1.82) is 0 Å². The predicted octanol–water partition coefficient (Wildman–Crippen LogP) is 4.09. The lowest BCUT2D eigenvalue weighted by molar-refractivity contribution is -0.132. The number of ether oxygens (including phenoxy) is 1. The number of halogens is 4. The molecule has 24 heavy (non-hydrogen) atoms. The highest BCUT2D eigenvalue weighted by atomic mass is 19.3. The highest BCUT2D eigenvalue weighted by Crippen LogP contribution is 2.42. The number of hydrogen-bond donors (Lipinski definition) is 1. The molecular weight excluding hydrogens is 326 g/mol. The first-order valence-electron chi connectivity index (χ1n) is 8.07. The van der Waals surface area contributed by atoms with Crippen LogP contribution < -0.4 is 10.1 Å². The van der Waals surface area contributed by atoms with Gasteiger partial charge in [-0.3, -0.25) is 4.79 Å². The quantitative estimate of drug-likeness (QED) is 0.817. The van der Waals surface area contributed by atoms with Crippen LogP contribution in [0.5, 0.6) is 5.75 Å². The van der Waals surface area contributed by atoms with E-state index in [1.807, 2.05) is 0 Å². The van der Waals surface area contributed by atoms with Crippen molar-refractivity contribution in [2.24, 2.45) is 5.92 Å². The molecule has 0 aliphatic heterocycles. The Morgan fingerprint density at radius 2 is 1.96 bits per heavy atom. The topological polar surface area (TPSA) is 38.3 Å². The van der Waals surface area contributed by atoms with Crippen LogP contribution in [0.25, 0.3) is 0 Å². The molecule has 1 amide bonds. The summed E-state index contributed by atoms with van der Waals surface area (Å²) in [7, 11) is 0. The van der Waals surface area contributed by atoms with E-state index in [1.54, 1.807) is 12.1 Å². The van der Waals surface area contributed by atoms with Gasteiger partial charge in [0.2, 0.25) is 11.8 Å². The Morgan fingerprint density at radius 3 is 2.58 bits per heavy atom. The Labute approximate surface area is 137 Å². The van der Waals surface area contributed by atoms with Gasteiger partial charge < -0.3 is 10.1 Å². The summed E-state index contributed by atoms with van der Waals surface area (Å²) in [5.41, 5.74) is 0.913. The number of carbonyl (C=O) groups excluding carboxylic acids is 1. The highest BCUT2D eigenvalue weighted by Gasteiger charge is 2.43. The summed E-state index contributed by atoms with van der Waals surface area (Å²) in [4.78, 5) is 12.1. The second-order valence-corrected chi connectivity index (χ2v) is 6.55. The fourth-order valence-corrected chi connectivity index (χ4v) is 3.32. The van der Waals surface area contributed by atoms with Crippen molar-refractivity contribution in [3.63, 3.8) is 0 Å². The average Bonchev–Trinajstić information content (AvgIpc) is 3.25. The van der Waals surface area contributed by atoms with Crippen molar-refractivity contribution in [2.75, 3.05) is 0 Å². The molecule has 7 heteroatoms. The van der Waals surface area contributed by atoms with E-state index in [-0.39, 0.29) is 36.5 Å². The summed E-state index contributed by atoms with van der Waals surface area (Å²) in [6.45, 7) is -2.86. The summed E-state index contributed by atoms with van der Waals surface area (Å²) in [6.07, 6.45) is 1.07.